The molecule has 0 unspecified atom stereocenters. The molecule has 0 amide bonds. The van der Waals surface area contributed by atoms with Gasteiger partial charge in [-0.05, 0) is 51.2 Å². The summed E-state index contributed by atoms with van der Waals surface area (Å²) in [6, 6.07) is 4.08. The smallest absolute Gasteiger partial charge is 0.253 e. The van der Waals surface area contributed by atoms with Crippen molar-refractivity contribution in [1.29, 1.82) is 0 Å². The Morgan fingerprint density at radius 3 is 1.93 bits per heavy atom. The van der Waals surface area contributed by atoms with E-state index in [1.54, 1.807) is 0 Å². The molecule has 0 spiro atoms. The van der Waals surface area contributed by atoms with Crippen LogP contribution in [0.3, 0.4) is 0 Å². The van der Waals surface area contributed by atoms with E-state index >= 15 is 0 Å². The van der Waals surface area contributed by atoms with Gasteiger partial charge in [-0.3, -0.25) is 0 Å². The van der Waals surface area contributed by atoms with E-state index in [1.165, 1.54) is 11.1 Å². The number of rotatable bonds is 2. The first-order chi connectivity index (χ1) is 7.06. The predicted octanol–water partition coefficient (Wildman–Crippen LogP) is 1.96. The number of hydrogen-bond acceptors (Lipinski definition) is 3. The van der Waals surface area contributed by atoms with E-state index in [0.717, 1.165) is 18.0 Å². The third-order valence-electron chi connectivity index (χ3n) is 2.59. The first kappa shape index (κ1) is 10.3. The van der Waals surface area contributed by atoms with Crippen molar-refractivity contribution in [2.45, 2.75) is 20.1 Å². The van der Waals surface area contributed by atoms with Crippen molar-refractivity contribution in [2.75, 3.05) is 20.6 Å². The van der Waals surface area contributed by atoms with Crippen molar-refractivity contribution < 1.29 is 9.47 Å². The molecule has 0 saturated carbocycles. The lowest BCUT2D eigenvalue weighted by molar-refractivity contribution is 0.0271. The predicted molar refractivity (Wildman–Crippen MR) is 59.5 cm³/mol. The second-order valence-electron chi connectivity index (χ2n) is 4.31. The SMILES string of the molecule is Cc1cc2c(cc1C)OC(CN(C)C)O2. The van der Waals surface area contributed by atoms with Crippen LogP contribution in [0.15, 0.2) is 12.1 Å². The zero-order valence-corrected chi connectivity index (χ0v) is 9.70. The number of benzene rings is 1. The van der Waals surface area contributed by atoms with E-state index in [4.69, 9.17) is 9.47 Å². The third kappa shape index (κ3) is 2.07. The number of ether oxygens (including phenoxy) is 2. The van der Waals surface area contributed by atoms with Crippen LogP contribution in [-0.4, -0.2) is 31.8 Å². The van der Waals surface area contributed by atoms with Gasteiger partial charge in [-0.1, -0.05) is 0 Å². The van der Waals surface area contributed by atoms with E-state index in [0.29, 0.717) is 0 Å². The van der Waals surface area contributed by atoms with E-state index in [-0.39, 0.29) is 6.29 Å². The lowest BCUT2D eigenvalue weighted by Crippen LogP contribution is -2.31. The Morgan fingerprint density at radius 1 is 1.07 bits per heavy atom. The molecule has 0 atom stereocenters. The quantitative estimate of drug-likeness (QED) is 0.740. The van der Waals surface area contributed by atoms with E-state index in [1.807, 2.05) is 26.2 Å². The topological polar surface area (TPSA) is 21.7 Å². The molecule has 15 heavy (non-hydrogen) atoms. The van der Waals surface area contributed by atoms with Crippen molar-refractivity contribution in [3.05, 3.63) is 23.3 Å². The second-order valence-corrected chi connectivity index (χ2v) is 4.31. The van der Waals surface area contributed by atoms with Crippen LogP contribution < -0.4 is 9.47 Å². The van der Waals surface area contributed by atoms with Crippen LogP contribution in [0.1, 0.15) is 11.1 Å². The van der Waals surface area contributed by atoms with Gasteiger partial charge in [0, 0.05) is 0 Å². The standard InChI is InChI=1S/C12H17NO2/c1-8-5-10-11(6-9(8)2)15-12(14-10)7-13(3)4/h5-6,12H,7H2,1-4H3. The normalized spacial score (nSPS) is 15.0. The van der Waals surface area contributed by atoms with Crippen LogP contribution >= 0.6 is 0 Å². The van der Waals surface area contributed by atoms with Gasteiger partial charge in [0.05, 0.1) is 6.54 Å². The highest BCUT2D eigenvalue weighted by atomic mass is 16.7. The van der Waals surface area contributed by atoms with Gasteiger partial charge in [0.2, 0.25) is 0 Å². The van der Waals surface area contributed by atoms with Gasteiger partial charge in [-0.2, -0.15) is 0 Å². The Bertz CT molecular complexity index is 343. The molecule has 2 rings (SSSR count). The molecular formula is C12H17NO2. The summed E-state index contributed by atoms with van der Waals surface area (Å²) < 4.78 is 11.4. The van der Waals surface area contributed by atoms with Gasteiger partial charge in [0.1, 0.15) is 0 Å². The summed E-state index contributed by atoms with van der Waals surface area (Å²) in [6.45, 7) is 4.93. The van der Waals surface area contributed by atoms with Crippen molar-refractivity contribution in [3.63, 3.8) is 0 Å². The summed E-state index contributed by atoms with van der Waals surface area (Å²) in [6.07, 6.45) is -0.170. The highest BCUT2D eigenvalue weighted by Crippen LogP contribution is 2.36. The van der Waals surface area contributed by atoms with E-state index < -0.39 is 0 Å². The first-order valence-electron chi connectivity index (χ1n) is 5.15. The molecule has 1 aliphatic heterocycles. The van der Waals surface area contributed by atoms with Gasteiger partial charge < -0.3 is 14.4 Å². The summed E-state index contributed by atoms with van der Waals surface area (Å²) in [5.41, 5.74) is 2.48. The lowest BCUT2D eigenvalue weighted by atomic mass is 10.1. The molecule has 0 radical (unpaired) electrons. The van der Waals surface area contributed by atoms with Crippen LogP contribution in [0.5, 0.6) is 11.5 Å². The maximum atomic E-state index is 5.69. The minimum atomic E-state index is -0.170. The maximum absolute atomic E-state index is 5.69. The minimum absolute atomic E-state index is 0.170. The van der Waals surface area contributed by atoms with Gasteiger partial charge in [0.15, 0.2) is 11.5 Å². The summed E-state index contributed by atoms with van der Waals surface area (Å²) in [5.74, 6) is 1.73. The maximum Gasteiger partial charge on any atom is 0.253 e. The van der Waals surface area contributed by atoms with Crippen molar-refractivity contribution in [1.82, 2.24) is 4.90 Å². The number of fused-ring (bicyclic) bond motifs is 1. The summed E-state index contributed by atoms with van der Waals surface area (Å²) in [5, 5.41) is 0. The fraction of sp³-hybridized carbons (Fsp3) is 0.500. The second kappa shape index (κ2) is 3.74. The molecule has 1 aromatic carbocycles. The zero-order valence-electron chi connectivity index (χ0n) is 9.70. The molecule has 1 aliphatic rings. The molecule has 0 bridgehead atoms. The highest BCUT2D eigenvalue weighted by Gasteiger charge is 2.24. The molecule has 3 nitrogen and oxygen atoms in total. The Labute approximate surface area is 90.6 Å². The molecule has 0 aromatic heterocycles. The molecule has 0 saturated heterocycles. The largest absolute Gasteiger partial charge is 0.450 e. The van der Waals surface area contributed by atoms with Gasteiger partial charge >= 0.3 is 0 Å². The van der Waals surface area contributed by atoms with E-state index in [2.05, 4.69) is 18.7 Å². The van der Waals surface area contributed by atoms with Crippen molar-refractivity contribution in [3.8, 4) is 11.5 Å². The fourth-order valence-corrected chi connectivity index (χ4v) is 1.63. The van der Waals surface area contributed by atoms with Crippen LogP contribution in [0.2, 0.25) is 0 Å². The first-order valence-corrected chi connectivity index (χ1v) is 5.15. The van der Waals surface area contributed by atoms with Crippen LogP contribution in [-0.2, 0) is 0 Å². The molecule has 0 N–H and O–H groups in total. The third-order valence-corrected chi connectivity index (χ3v) is 2.59. The fourth-order valence-electron chi connectivity index (χ4n) is 1.63. The van der Waals surface area contributed by atoms with Crippen molar-refractivity contribution in [2.24, 2.45) is 0 Å². The Balaban J connectivity index is 2.17. The Morgan fingerprint density at radius 2 is 1.53 bits per heavy atom. The summed E-state index contributed by atoms with van der Waals surface area (Å²) in [7, 11) is 4.01. The molecule has 0 aliphatic carbocycles. The number of likely N-dealkylation sites (N-methyl/N-ethyl adjacent to an activating group) is 1. The molecule has 1 heterocycles. The van der Waals surface area contributed by atoms with Gasteiger partial charge in [0.25, 0.3) is 6.29 Å². The summed E-state index contributed by atoms with van der Waals surface area (Å²) >= 11 is 0. The van der Waals surface area contributed by atoms with Crippen LogP contribution in [0.25, 0.3) is 0 Å². The Kier molecular flexibility index (Phi) is 2.57. The minimum Gasteiger partial charge on any atom is -0.450 e. The average molecular weight is 207 g/mol. The summed E-state index contributed by atoms with van der Waals surface area (Å²) in [4.78, 5) is 2.05. The average Bonchev–Trinajstić information content (AvgIpc) is 2.46. The van der Waals surface area contributed by atoms with Gasteiger partial charge in [-0.25, -0.2) is 0 Å². The van der Waals surface area contributed by atoms with Gasteiger partial charge in [-0.15, -0.1) is 0 Å². The molecule has 0 fully saturated rings. The van der Waals surface area contributed by atoms with Crippen molar-refractivity contribution >= 4 is 0 Å². The van der Waals surface area contributed by atoms with E-state index in [9.17, 15) is 0 Å². The zero-order chi connectivity index (χ0) is 11.0. The molecule has 82 valence electrons. The molecule has 3 heteroatoms. The Hall–Kier alpha value is -1.22. The lowest BCUT2D eigenvalue weighted by Gasteiger charge is -2.14. The highest BCUT2D eigenvalue weighted by molar-refractivity contribution is 5.48. The number of hydrogen-bond donors (Lipinski definition) is 0. The number of aryl methyl sites for hydroxylation is 2. The molecule has 1 aromatic rings. The van der Waals surface area contributed by atoms with Crippen LogP contribution in [0.4, 0.5) is 0 Å². The molecular weight excluding hydrogens is 190 g/mol. The number of nitrogens with zero attached hydrogens (tertiary/aromatic N) is 1. The van der Waals surface area contributed by atoms with Crippen LogP contribution in [0, 0.1) is 13.8 Å². The monoisotopic (exact) mass is 207 g/mol.